The molecule has 1 aliphatic heterocycles. The highest BCUT2D eigenvalue weighted by Crippen LogP contribution is 2.37. The van der Waals surface area contributed by atoms with E-state index in [0.717, 1.165) is 11.0 Å². The van der Waals surface area contributed by atoms with Gasteiger partial charge >= 0.3 is 0 Å². The summed E-state index contributed by atoms with van der Waals surface area (Å²) in [6.45, 7) is 2.05. The Labute approximate surface area is 120 Å². The largest absolute Gasteiger partial charge is 0.454 e. The SMILES string of the molecule is Cc1nc(Oc2ccc3c(c2)OCO3)c2cnn(C)c2n1. The number of rotatable bonds is 2. The Morgan fingerprint density at radius 3 is 2.95 bits per heavy atom. The van der Waals surface area contributed by atoms with Gasteiger partial charge in [-0.3, -0.25) is 4.68 Å². The molecule has 0 saturated carbocycles. The lowest BCUT2D eigenvalue weighted by molar-refractivity contribution is 0.174. The van der Waals surface area contributed by atoms with Gasteiger partial charge in [0.25, 0.3) is 0 Å². The molecule has 0 unspecified atom stereocenters. The van der Waals surface area contributed by atoms with Crippen LogP contribution in [0.3, 0.4) is 0 Å². The molecule has 0 aliphatic carbocycles. The molecule has 2 aromatic heterocycles. The van der Waals surface area contributed by atoms with Crippen molar-refractivity contribution in [3.05, 3.63) is 30.2 Å². The first-order chi connectivity index (χ1) is 10.2. The maximum Gasteiger partial charge on any atom is 0.233 e. The van der Waals surface area contributed by atoms with Gasteiger partial charge in [0.1, 0.15) is 17.0 Å². The van der Waals surface area contributed by atoms with Gasteiger partial charge in [-0.1, -0.05) is 0 Å². The summed E-state index contributed by atoms with van der Waals surface area (Å²) in [6.07, 6.45) is 1.69. The van der Waals surface area contributed by atoms with Crippen LogP contribution in [0.15, 0.2) is 24.4 Å². The summed E-state index contributed by atoms with van der Waals surface area (Å²) in [6, 6.07) is 5.40. The van der Waals surface area contributed by atoms with Gasteiger partial charge < -0.3 is 14.2 Å². The highest BCUT2D eigenvalue weighted by atomic mass is 16.7. The van der Waals surface area contributed by atoms with Gasteiger partial charge in [0, 0.05) is 13.1 Å². The van der Waals surface area contributed by atoms with Crippen LogP contribution in [0, 0.1) is 6.92 Å². The fourth-order valence-corrected chi connectivity index (χ4v) is 2.23. The first kappa shape index (κ1) is 12.0. The normalized spacial score (nSPS) is 12.9. The Bertz CT molecular complexity index is 844. The minimum absolute atomic E-state index is 0.234. The summed E-state index contributed by atoms with van der Waals surface area (Å²) in [7, 11) is 1.83. The zero-order chi connectivity index (χ0) is 14.4. The second-order valence-corrected chi connectivity index (χ2v) is 4.70. The topological polar surface area (TPSA) is 71.3 Å². The summed E-state index contributed by atoms with van der Waals surface area (Å²) in [5.74, 6) is 3.11. The summed E-state index contributed by atoms with van der Waals surface area (Å²) < 4.78 is 18.2. The van der Waals surface area contributed by atoms with E-state index in [-0.39, 0.29) is 6.79 Å². The van der Waals surface area contributed by atoms with E-state index >= 15 is 0 Å². The second-order valence-electron chi connectivity index (χ2n) is 4.70. The lowest BCUT2D eigenvalue weighted by Crippen LogP contribution is -1.97. The molecule has 106 valence electrons. The van der Waals surface area contributed by atoms with Gasteiger partial charge in [-0.2, -0.15) is 10.1 Å². The van der Waals surface area contributed by atoms with Crippen LogP contribution in [0.1, 0.15) is 5.82 Å². The third-order valence-corrected chi connectivity index (χ3v) is 3.23. The van der Waals surface area contributed by atoms with E-state index in [0.29, 0.717) is 29.0 Å². The van der Waals surface area contributed by atoms with Crippen molar-refractivity contribution >= 4 is 11.0 Å². The average Bonchev–Trinajstić information content (AvgIpc) is 3.06. The number of aromatic nitrogens is 4. The number of nitrogens with zero attached hydrogens (tertiary/aromatic N) is 4. The van der Waals surface area contributed by atoms with E-state index in [2.05, 4.69) is 15.1 Å². The van der Waals surface area contributed by atoms with Crippen molar-refractivity contribution in [2.45, 2.75) is 6.92 Å². The van der Waals surface area contributed by atoms with E-state index in [9.17, 15) is 0 Å². The summed E-state index contributed by atoms with van der Waals surface area (Å²) in [5, 5.41) is 4.95. The molecule has 0 saturated heterocycles. The van der Waals surface area contributed by atoms with Crippen molar-refractivity contribution in [1.82, 2.24) is 19.7 Å². The lowest BCUT2D eigenvalue weighted by atomic mass is 10.3. The minimum atomic E-state index is 0.234. The first-order valence-electron chi connectivity index (χ1n) is 6.44. The third kappa shape index (κ3) is 1.94. The molecular formula is C14H12N4O3. The molecule has 0 bridgehead atoms. The number of hydrogen-bond acceptors (Lipinski definition) is 6. The van der Waals surface area contributed by atoms with Gasteiger partial charge in [-0.15, -0.1) is 0 Å². The molecule has 7 nitrogen and oxygen atoms in total. The summed E-state index contributed by atoms with van der Waals surface area (Å²) in [5.41, 5.74) is 0.734. The van der Waals surface area contributed by atoms with Crippen molar-refractivity contribution in [3.63, 3.8) is 0 Å². The Kier molecular flexibility index (Phi) is 2.47. The molecule has 21 heavy (non-hydrogen) atoms. The third-order valence-electron chi connectivity index (χ3n) is 3.23. The predicted molar refractivity (Wildman–Crippen MR) is 73.7 cm³/mol. The van der Waals surface area contributed by atoms with Crippen molar-refractivity contribution in [2.24, 2.45) is 7.05 Å². The summed E-state index contributed by atoms with van der Waals surface area (Å²) in [4.78, 5) is 8.70. The zero-order valence-corrected chi connectivity index (χ0v) is 11.5. The maximum absolute atomic E-state index is 5.87. The number of aryl methyl sites for hydroxylation is 2. The van der Waals surface area contributed by atoms with Crippen LogP contribution < -0.4 is 14.2 Å². The minimum Gasteiger partial charge on any atom is -0.454 e. The quantitative estimate of drug-likeness (QED) is 0.718. The maximum atomic E-state index is 5.87. The fraction of sp³-hybridized carbons (Fsp3) is 0.214. The van der Waals surface area contributed by atoms with Crippen molar-refractivity contribution in [3.8, 4) is 23.1 Å². The van der Waals surface area contributed by atoms with Gasteiger partial charge in [-0.05, 0) is 19.1 Å². The standard InChI is InChI=1S/C14H12N4O3/c1-8-16-13-10(6-15-18(13)2)14(17-8)21-9-3-4-11-12(5-9)20-7-19-11/h3-6H,7H2,1-2H3. The molecule has 0 radical (unpaired) electrons. The molecule has 0 spiro atoms. The van der Waals surface area contributed by atoms with Crippen LogP contribution in [0.4, 0.5) is 0 Å². The van der Waals surface area contributed by atoms with Crippen LogP contribution in [-0.4, -0.2) is 26.5 Å². The average molecular weight is 284 g/mol. The van der Waals surface area contributed by atoms with E-state index in [1.165, 1.54) is 0 Å². The van der Waals surface area contributed by atoms with Crippen LogP contribution in [0.2, 0.25) is 0 Å². The molecule has 4 rings (SSSR count). The number of ether oxygens (including phenoxy) is 3. The Morgan fingerprint density at radius 1 is 1.19 bits per heavy atom. The van der Waals surface area contributed by atoms with E-state index in [4.69, 9.17) is 14.2 Å². The monoisotopic (exact) mass is 284 g/mol. The molecule has 0 atom stereocenters. The van der Waals surface area contributed by atoms with Crippen molar-refractivity contribution in [1.29, 1.82) is 0 Å². The number of benzene rings is 1. The molecule has 0 amide bonds. The zero-order valence-electron chi connectivity index (χ0n) is 11.5. The highest BCUT2D eigenvalue weighted by molar-refractivity contribution is 5.80. The molecule has 0 fully saturated rings. The highest BCUT2D eigenvalue weighted by Gasteiger charge is 2.16. The molecule has 3 heterocycles. The second kappa shape index (κ2) is 4.34. The van der Waals surface area contributed by atoms with Crippen molar-refractivity contribution in [2.75, 3.05) is 6.79 Å². The molecule has 1 aromatic carbocycles. The predicted octanol–water partition coefficient (Wildman–Crippen LogP) is 2.19. The molecular weight excluding hydrogens is 272 g/mol. The van der Waals surface area contributed by atoms with E-state index in [1.807, 2.05) is 26.1 Å². The van der Waals surface area contributed by atoms with Crippen LogP contribution in [-0.2, 0) is 7.05 Å². The van der Waals surface area contributed by atoms with Gasteiger partial charge in [-0.25, -0.2) is 4.98 Å². The van der Waals surface area contributed by atoms with E-state index < -0.39 is 0 Å². The molecule has 7 heteroatoms. The molecule has 3 aromatic rings. The molecule has 0 N–H and O–H groups in total. The van der Waals surface area contributed by atoms with Gasteiger partial charge in [0.15, 0.2) is 17.1 Å². The summed E-state index contributed by atoms with van der Waals surface area (Å²) >= 11 is 0. The first-order valence-corrected chi connectivity index (χ1v) is 6.44. The van der Waals surface area contributed by atoms with Crippen LogP contribution in [0.5, 0.6) is 23.1 Å². The Balaban J connectivity index is 1.77. The number of hydrogen-bond donors (Lipinski definition) is 0. The van der Waals surface area contributed by atoms with Gasteiger partial charge in [0.05, 0.1) is 6.20 Å². The van der Waals surface area contributed by atoms with E-state index in [1.54, 1.807) is 16.9 Å². The fourth-order valence-electron chi connectivity index (χ4n) is 2.23. The molecule has 1 aliphatic rings. The van der Waals surface area contributed by atoms with Crippen LogP contribution >= 0.6 is 0 Å². The number of fused-ring (bicyclic) bond motifs is 2. The Morgan fingerprint density at radius 2 is 2.05 bits per heavy atom. The smallest absolute Gasteiger partial charge is 0.233 e. The van der Waals surface area contributed by atoms with Crippen molar-refractivity contribution < 1.29 is 14.2 Å². The Hall–Kier alpha value is -2.83. The lowest BCUT2D eigenvalue weighted by Gasteiger charge is -2.07. The van der Waals surface area contributed by atoms with Gasteiger partial charge in [0.2, 0.25) is 12.7 Å². The van der Waals surface area contributed by atoms with Crippen LogP contribution in [0.25, 0.3) is 11.0 Å².